The molecular weight excluding hydrogens is 314 g/mol. The second kappa shape index (κ2) is 7.92. The zero-order valence-corrected chi connectivity index (χ0v) is 13.4. The van der Waals surface area contributed by atoms with Gasteiger partial charge < -0.3 is 10.1 Å². The number of ether oxygens (including phenoxy) is 1. The van der Waals surface area contributed by atoms with Crippen LogP contribution in [0.2, 0.25) is 0 Å². The number of hydrogen-bond acceptors (Lipinski definition) is 3. The summed E-state index contributed by atoms with van der Waals surface area (Å²) in [7, 11) is 0.951. The van der Waals surface area contributed by atoms with E-state index in [1.54, 1.807) is 13.4 Å². The van der Waals surface area contributed by atoms with Crippen LogP contribution in [0.1, 0.15) is 18.9 Å². The maximum atomic E-state index is 11.0. The third kappa shape index (κ3) is 5.50. The second-order valence-corrected chi connectivity index (χ2v) is 6.73. The van der Waals surface area contributed by atoms with Crippen LogP contribution in [0.25, 0.3) is 0 Å². The first kappa shape index (κ1) is 15.7. The lowest BCUT2D eigenvalue weighted by molar-refractivity contribution is 0.412. The van der Waals surface area contributed by atoms with Gasteiger partial charge in [0.05, 0.1) is 11.6 Å². The van der Waals surface area contributed by atoms with Gasteiger partial charge in [0.25, 0.3) is 0 Å². The van der Waals surface area contributed by atoms with E-state index in [1.807, 2.05) is 12.1 Å². The number of benzene rings is 1. The van der Waals surface area contributed by atoms with Crippen molar-refractivity contribution in [3.8, 4) is 5.75 Å². The zero-order chi connectivity index (χ0) is 13.5. The fraction of sp³-hybridized carbons (Fsp3) is 0.538. The van der Waals surface area contributed by atoms with Gasteiger partial charge >= 0.3 is 0 Å². The number of nitrogens with one attached hydrogen (secondary N) is 1. The van der Waals surface area contributed by atoms with Crippen molar-refractivity contribution in [1.29, 1.82) is 0 Å². The first-order valence-corrected chi connectivity index (χ1v) is 8.40. The smallest absolute Gasteiger partial charge is 0.133 e. The van der Waals surface area contributed by atoms with E-state index in [-0.39, 0.29) is 0 Å². The highest BCUT2D eigenvalue weighted by atomic mass is 79.9. The Hall–Kier alpha value is -0.390. The molecule has 1 N–H and O–H groups in total. The van der Waals surface area contributed by atoms with E-state index in [9.17, 15) is 4.21 Å². The predicted octanol–water partition coefficient (Wildman–Crippen LogP) is 2.70. The van der Waals surface area contributed by atoms with Gasteiger partial charge in [0.15, 0.2) is 0 Å². The SMILES string of the molecule is COc1ccc(CNC(C)CCS(C)=O)cc1Br. The third-order valence-corrected chi connectivity index (χ3v) is 4.14. The van der Waals surface area contributed by atoms with Crippen molar-refractivity contribution in [2.45, 2.75) is 25.9 Å². The molecule has 2 atom stereocenters. The Bertz CT molecular complexity index is 412. The molecule has 0 aliphatic carbocycles. The minimum absolute atomic E-state index is 0.370. The molecule has 0 fully saturated rings. The number of halogens is 1. The van der Waals surface area contributed by atoms with Crippen LogP contribution in [0.15, 0.2) is 22.7 Å². The molecule has 0 heterocycles. The van der Waals surface area contributed by atoms with E-state index in [4.69, 9.17) is 4.74 Å². The highest BCUT2D eigenvalue weighted by Gasteiger charge is 2.05. The van der Waals surface area contributed by atoms with Crippen molar-refractivity contribution in [3.05, 3.63) is 28.2 Å². The molecule has 1 aromatic carbocycles. The number of hydrogen-bond donors (Lipinski definition) is 1. The molecule has 0 spiro atoms. The fourth-order valence-corrected chi connectivity index (χ4v) is 2.83. The van der Waals surface area contributed by atoms with E-state index < -0.39 is 10.8 Å². The molecule has 0 aliphatic rings. The number of rotatable bonds is 7. The molecule has 0 aliphatic heterocycles. The molecular formula is C13H20BrNO2S. The first-order valence-electron chi connectivity index (χ1n) is 5.88. The Labute approximate surface area is 120 Å². The van der Waals surface area contributed by atoms with Crippen LogP contribution in [-0.2, 0) is 17.3 Å². The lowest BCUT2D eigenvalue weighted by atomic mass is 10.2. The highest BCUT2D eigenvalue weighted by Crippen LogP contribution is 2.25. The zero-order valence-electron chi connectivity index (χ0n) is 11.0. The topological polar surface area (TPSA) is 38.3 Å². The average Bonchev–Trinajstić information content (AvgIpc) is 2.34. The summed E-state index contributed by atoms with van der Waals surface area (Å²) in [6.07, 6.45) is 2.67. The third-order valence-electron chi connectivity index (χ3n) is 2.71. The monoisotopic (exact) mass is 333 g/mol. The normalized spacial score (nSPS) is 14.2. The molecule has 0 amide bonds. The van der Waals surface area contributed by atoms with Crippen LogP contribution < -0.4 is 10.1 Å². The summed E-state index contributed by atoms with van der Waals surface area (Å²) in [4.78, 5) is 0. The van der Waals surface area contributed by atoms with Crippen LogP contribution in [-0.4, -0.2) is 29.4 Å². The Morgan fingerprint density at radius 2 is 2.22 bits per heavy atom. The van der Waals surface area contributed by atoms with Gasteiger partial charge in [-0.1, -0.05) is 6.07 Å². The highest BCUT2D eigenvalue weighted by molar-refractivity contribution is 9.10. The van der Waals surface area contributed by atoms with Crippen LogP contribution in [0.5, 0.6) is 5.75 Å². The first-order chi connectivity index (χ1) is 8.52. The molecule has 2 unspecified atom stereocenters. The van der Waals surface area contributed by atoms with Gasteiger partial charge in [-0.2, -0.15) is 0 Å². The molecule has 3 nitrogen and oxygen atoms in total. The summed E-state index contributed by atoms with van der Waals surface area (Å²) in [5.41, 5.74) is 1.20. The molecule has 5 heteroatoms. The van der Waals surface area contributed by atoms with E-state index in [0.29, 0.717) is 6.04 Å². The van der Waals surface area contributed by atoms with Crippen molar-refractivity contribution in [2.75, 3.05) is 19.1 Å². The van der Waals surface area contributed by atoms with Crippen LogP contribution in [0, 0.1) is 0 Å². The van der Waals surface area contributed by atoms with Gasteiger partial charge in [0, 0.05) is 35.4 Å². The lowest BCUT2D eigenvalue weighted by Gasteiger charge is -2.13. The quantitative estimate of drug-likeness (QED) is 0.833. The molecule has 0 aromatic heterocycles. The van der Waals surface area contributed by atoms with E-state index in [1.165, 1.54) is 5.56 Å². The second-order valence-electron chi connectivity index (χ2n) is 4.32. The molecule has 18 heavy (non-hydrogen) atoms. The summed E-state index contributed by atoms with van der Waals surface area (Å²) in [5.74, 6) is 1.59. The van der Waals surface area contributed by atoms with Gasteiger partial charge in [0.2, 0.25) is 0 Å². The predicted molar refractivity (Wildman–Crippen MR) is 80.5 cm³/mol. The summed E-state index contributed by atoms with van der Waals surface area (Å²) < 4.78 is 17.2. The van der Waals surface area contributed by atoms with Crippen molar-refractivity contribution in [1.82, 2.24) is 5.32 Å². The lowest BCUT2D eigenvalue weighted by Crippen LogP contribution is -2.26. The van der Waals surface area contributed by atoms with E-state index in [0.717, 1.165) is 28.9 Å². The van der Waals surface area contributed by atoms with Gasteiger partial charge in [0.1, 0.15) is 5.75 Å². The number of methoxy groups -OCH3 is 1. The minimum Gasteiger partial charge on any atom is -0.496 e. The van der Waals surface area contributed by atoms with Gasteiger partial charge in [-0.05, 0) is 47.0 Å². The fourth-order valence-electron chi connectivity index (χ4n) is 1.56. The van der Waals surface area contributed by atoms with Gasteiger partial charge in [-0.25, -0.2) is 0 Å². The Balaban J connectivity index is 2.43. The van der Waals surface area contributed by atoms with Crippen molar-refractivity contribution in [3.63, 3.8) is 0 Å². The average molecular weight is 334 g/mol. The summed E-state index contributed by atoms with van der Waals surface area (Å²) in [6.45, 7) is 2.92. The molecule has 1 rings (SSSR count). The maximum absolute atomic E-state index is 11.0. The molecule has 0 radical (unpaired) electrons. The molecule has 0 bridgehead atoms. The van der Waals surface area contributed by atoms with Gasteiger partial charge in [-0.3, -0.25) is 4.21 Å². The Morgan fingerprint density at radius 1 is 1.50 bits per heavy atom. The standard InChI is InChI=1S/C13H20BrNO2S/c1-10(6-7-18(3)16)15-9-11-4-5-13(17-2)12(14)8-11/h4-5,8,10,15H,6-7,9H2,1-3H3. The van der Waals surface area contributed by atoms with Gasteiger partial charge in [-0.15, -0.1) is 0 Å². The molecule has 1 aromatic rings. The summed E-state index contributed by atoms with van der Waals surface area (Å²) in [6, 6.07) is 6.42. The van der Waals surface area contributed by atoms with Crippen molar-refractivity contribution >= 4 is 26.7 Å². The summed E-state index contributed by atoms with van der Waals surface area (Å²) >= 11 is 3.47. The van der Waals surface area contributed by atoms with Crippen molar-refractivity contribution < 1.29 is 8.95 Å². The molecule has 102 valence electrons. The van der Waals surface area contributed by atoms with E-state index >= 15 is 0 Å². The largest absolute Gasteiger partial charge is 0.496 e. The van der Waals surface area contributed by atoms with E-state index in [2.05, 4.69) is 34.2 Å². The van der Waals surface area contributed by atoms with Crippen molar-refractivity contribution in [2.24, 2.45) is 0 Å². The van der Waals surface area contributed by atoms with Crippen LogP contribution in [0.4, 0.5) is 0 Å². The maximum Gasteiger partial charge on any atom is 0.133 e. The molecule has 0 saturated heterocycles. The van der Waals surface area contributed by atoms with Crippen LogP contribution in [0.3, 0.4) is 0 Å². The summed E-state index contributed by atoms with van der Waals surface area (Å²) in [5, 5.41) is 3.42. The van der Waals surface area contributed by atoms with Crippen LogP contribution >= 0.6 is 15.9 Å². The molecule has 0 saturated carbocycles. The Kier molecular flexibility index (Phi) is 6.89. The minimum atomic E-state index is -0.706. The Morgan fingerprint density at radius 3 is 2.78 bits per heavy atom.